The van der Waals surface area contributed by atoms with E-state index in [2.05, 4.69) is 9.97 Å². The molecule has 0 saturated heterocycles. The molecule has 3 rings (SSSR count). The van der Waals surface area contributed by atoms with Crippen LogP contribution >= 0.6 is 11.8 Å². The Morgan fingerprint density at radius 1 is 1.15 bits per heavy atom. The van der Waals surface area contributed by atoms with Crippen LogP contribution in [0.15, 0.2) is 14.6 Å². The van der Waals surface area contributed by atoms with E-state index in [0.29, 0.717) is 34.8 Å². The summed E-state index contributed by atoms with van der Waals surface area (Å²) in [5.74, 6) is 0.934. The third-order valence-corrected chi connectivity index (χ3v) is 6.11. The summed E-state index contributed by atoms with van der Waals surface area (Å²) in [5, 5.41) is 0.654. The van der Waals surface area contributed by atoms with Gasteiger partial charge in [0, 0.05) is 20.0 Å². The highest BCUT2D eigenvalue weighted by Gasteiger charge is 2.26. The van der Waals surface area contributed by atoms with Crippen LogP contribution in [0.4, 0.5) is 0 Å². The number of carbonyl (C=O) groups is 1. The van der Waals surface area contributed by atoms with E-state index >= 15 is 0 Å². The van der Waals surface area contributed by atoms with E-state index in [1.807, 2.05) is 13.8 Å². The molecule has 0 N–H and O–H groups in total. The van der Waals surface area contributed by atoms with Crippen LogP contribution in [0, 0.1) is 12.8 Å². The average Bonchev–Trinajstić information content (AvgIpc) is 2.81. The molecule has 0 aliphatic heterocycles. The Bertz CT molecular complexity index is 993. The van der Waals surface area contributed by atoms with Crippen molar-refractivity contribution in [2.75, 3.05) is 0 Å². The van der Waals surface area contributed by atoms with Gasteiger partial charge in [-0.3, -0.25) is 18.7 Å². The smallest absolute Gasteiger partial charge is 0.298 e. The van der Waals surface area contributed by atoms with Gasteiger partial charge >= 0.3 is 5.69 Å². The van der Waals surface area contributed by atoms with Crippen molar-refractivity contribution in [2.45, 2.75) is 69.7 Å². The molecule has 0 amide bonds. The first-order valence-electron chi connectivity index (χ1n) is 9.47. The fourth-order valence-electron chi connectivity index (χ4n) is 3.44. The summed E-state index contributed by atoms with van der Waals surface area (Å²) in [4.78, 5) is 46.9. The second kappa shape index (κ2) is 7.96. The van der Waals surface area contributed by atoms with Crippen LogP contribution in [0.1, 0.15) is 51.8 Å². The summed E-state index contributed by atoms with van der Waals surface area (Å²) in [6.45, 7) is 6.24. The zero-order chi connectivity index (χ0) is 19.7. The summed E-state index contributed by atoms with van der Waals surface area (Å²) in [5.41, 5.74) is -0.410. The molecule has 0 aromatic carbocycles. The minimum Gasteiger partial charge on any atom is -0.298 e. The van der Waals surface area contributed by atoms with Crippen molar-refractivity contribution in [1.29, 1.82) is 0 Å². The first-order chi connectivity index (χ1) is 12.8. The lowest BCUT2D eigenvalue weighted by Crippen LogP contribution is -2.39. The van der Waals surface area contributed by atoms with Crippen molar-refractivity contribution in [1.82, 2.24) is 19.1 Å². The van der Waals surface area contributed by atoms with Gasteiger partial charge in [0.05, 0.1) is 5.25 Å². The monoisotopic (exact) mass is 390 g/mol. The molecule has 2 aromatic heterocycles. The van der Waals surface area contributed by atoms with Crippen LogP contribution in [-0.2, 0) is 18.4 Å². The molecule has 1 saturated carbocycles. The molecular weight excluding hydrogens is 364 g/mol. The number of Topliss-reactive ketones (excluding diaryl/α,β-unsaturated/α-hetero) is 1. The number of fused-ring (bicyclic) bond motifs is 1. The molecule has 1 aliphatic rings. The van der Waals surface area contributed by atoms with Gasteiger partial charge in [-0.2, -0.15) is 0 Å². The van der Waals surface area contributed by atoms with Gasteiger partial charge in [0.15, 0.2) is 5.65 Å². The number of hydrogen-bond acceptors (Lipinski definition) is 6. The quantitative estimate of drug-likeness (QED) is 0.589. The van der Waals surface area contributed by atoms with Crippen LogP contribution in [-0.4, -0.2) is 30.1 Å². The number of hydrogen-bond donors (Lipinski definition) is 0. The predicted octanol–water partition coefficient (Wildman–Crippen LogP) is 2.45. The van der Waals surface area contributed by atoms with Crippen LogP contribution in [0.3, 0.4) is 0 Å². The average molecular weight is 391 g/mol. The van der Waals surface area contributed by atoms with E-state index in [0.717, 1.165) is 30.3 Å². The van der Waals surface area contributed by atoms with E-state index in [-0.39, 0.29) is 22.6 Å². The van der Waals surface area contributed by atoms with E-state index in [1.165, 1.54) is 18.8 Å². The number of ketones is 1. The molecule has 27 heavy (non-hydrogen) atoms. The fraction of sp³-hybridized carbons (Fsp3) is 0.632. The lowest BCUT2D eigenvalue weighted by atomic mass is 10.2. The van der Waals surface area contributed by atoms with Crippen LogP contribution in [0.2, 0.25) is 0 Å². The number of nitrogens with zero attached hydrogens (tertiary/aromatic N) is 4. The maximum atomic E-state index is 12.9. The Morgan fingerprint density at radius 3 is 2.59 bits per heavy atom. The van der Waals surface area contributed by atoms with E-state index < -0.39 is 5.56 Å². The van der Waals surface area contributed by atoms with Gasteiger partial charge in [-0.25, -0.2) is 14.8 Å². The predicted molar refractivity (Wildman–Crippen MR) is 106 cm³/mol. The van der Waals surface area contributed by atoms with Crippen molar-refractivity contribution in [2.24, 2.45) is 13.0 Å². The molecule has 0 bridgehead atoms. The molecule has 0 unspecified atom stereocenters. The highest BCUT2D eigenvalue weighted by Crippen LogP contribution is 2.32. The Morgan fingerprint density at radius 2 is 1.89 bits per heavy atom. The van der Waals surface area contributed by atoms with E-state index in [1.54, 1.807) is 11.5 Å². The third-order valence-electron chi connectivity index (χ3n) is 4.81. The fourth-order valence-corrected chi connectivity index (χ4v) is 4.73. The second-order valence-corrected chi connectivity index (χ2v) is 8.79. The summed E-state index contributed by atoms with van der Waals surface area (Å²) in [6, 6.07) is 0. The Balaban J connectivity index is 2.21. The number of aromatic nitrogens is 4. The molecule has 2 aromatic rings. The molecule has 146 valence electrons. The van der Waals surface area contributed by atoms with Gasteiger partial charge in [0.25, 0.3) is 5.56 Å². The number of aryl methyl sites for hydroxylation is 1. The van der Waals surface area contributed by atoms with Gasteiger partial charge in [0.2, 0.25) is 0 Å². The summed E-state index contributed by atoms with van der Waals surface area (Å²) in [6.07, 6.45) is 4.36. The first kappa shape index (κ1) is 19.8. The highest BCUT2D eigenvalue weighted by atomic mass is 32.2. The van der Waals surface area contributed by atoms with E-state index in [4.69, 9.17) is 0 Å². The zero-order valence-electron chi connectivity index (χ0n) is 16.3. The number of rotatable bonds is 4. The largest absolute Gasteiger partial charge is 0.332 e. The molecule has 8 heteroatoms. The molecule has 0 spiro atoms. The van der Waals surface area contributed by atoms with Gasteiger partial charge in [0.1, 0.15) is 22.0 Å². The molecule has 0 radical (unpaired) electrons. The summed E-state index contributed by atoms with van der Waals surface area (Å²) >= 11 is 1.36. The van der Waals surface area contributed by atoms with Crippen LogP contribution in [0.25, 0.3) is 11.0 Å². The van der Waals surface area contributed by atoms with Gasteiger partial charge < -0.3 is 0 Å². The Hall–Kier alpha value is -1.96. The standard InChI is InChI=1S/C19H26N4O3S/c1-11(2)10-23-16-15(18(25)22(4)19(23)26)17(21-12(3)20-16)27-14-9-7-5-6-8-13(14)24/h11,14H,5-10H2,1-4H3/t14-/m0/s1. The second-order valence-electron chi connectivity index (χ2n) is 7.60. The summed E-state index contributed by atoms with van der Waals surface area (Å²) in [7, 11) is 1.48. The normalized spacial score (nSPS) is 18.3. The third kappa shape index (κ3) is 4.00. The maximum Gasteiger partial charge on any atom is 0.332 e. The minimum atomic E-state index is -0.404. The van der Waals surface area contributed by atoms with E-state index in [9.17, 15) is 14.4 Å². The van der Waals surface area contributed by atoms with Crippen molar-refractivity contribution in [3.05, 3.63) is 26.7 Å². The first-order valence-corrected chi connectivity index (χ1v) is 10.3. The molecule has 1 aliphatic carbocycles. The van der Waals surface area contributed by atoms with Crippen molar-refractivity contribution >= 4 is 28.6 Å². The van der Waals surface area contributed by atoms with Gasteiger partial charge in [-0.15, -0.1) is 0 Å². The van der Waals surface area contributed by atoms with Gasteiger partial charge in [-0.1, -0.05) is 38.5 Å². The topological polar surface area (TPSA) is 86.9 Å². The Labute approximate surface area is 162 Å². The molecular formula is C19H26N4O3S. The number of thioether (sulfide) groups is 1. The summed E-state index contributed by atoms with van der Waals surface area (Å²) < 4.78 is 2.66. The molecule has 7 nitrogen and oxygen atoms in total. The minimum absolute atomic E-state index is 0.194. The van der Waals surface area contributed by atoms with Gasteiger partial charge in [-0.05, 0) is 25.7 Å². The molecule has 1 atom stereocenters. The Kier molecular flexibility index (Phi) is 5.83. The zero-order valence-corrected chi connectivity index (χ0v) is 17.1. The lowest BCUT2D eigenvalue weighted by molar-refractivity contribution is -0.118. The SMILES string of the molecule is Cc1nc(S[C@H]2CCCCCC2=O)c2c(=O)n(C)c(=O)n(CC(C)C)c2n1. The molecule has 1 fully saturated rings. The molecule has 2 heterocycles. The van der Waals surface area contributed by atoms with Crippen LogP contribution < -0.4 is 11.2 Å². The lowest BCUT2D eigenvalue weighted by Gasteiger charge is -2.17. The number of carbonyl (C=O) groups excluding carboxylic acids is 1. The van der Waals surface area contributed by atoms with Crippen molar-refractivity contribution in [3.63, 3.8) is 0 Å². The van der Waals surface area contributed by atoms with Crippen molar-refractivity contribution < 1.29 is 4.79 Å². The van der Waals surface area contributed by atoms with Crippen LogP contribution in [0.5, 0.6) is 0 Å². The highest BCUT2D eigenvalue weighted by molar-refractivity contribution is 8.00. The van der Waals surface area contributed by atoms with Crippen molar-refractivity contribution in [3.8, 4) is 0 Å². The maximum absolute atomic E-state index is 12.9.